The van der Waals surface area contributed by atoms with Crippen LogP contribution >= 0.6 is 0 Å². The molecule has 0 spiro atoms. The largest absolute Gasteiger partial charge is 0.376 e. The van der Waals surface area contributed by atoms with Crippen molar-refractivity contribution in [1.29, 1.82) is 0 Å². The van der Waals surface area contributed by atoms with E-state index in [9.17, 15) is 0 Å². The molecule has 0 amide bonds. The molecule has 2 aliphatic heterocycles. The van der Waals surface area contributed by atoms with E-state index >= 15 is 0 Å². The minimum Gasteiger partial charge on any atom is -0.376 e. The van der Waals surface area contributed by atoms with Crippen molar-refractivity contribution in [1.82, 2.24) is 0 Å². The van der Waals surface area contributed by atoms with Gasteiger partial charge in [-0.2, -0.15) is 0 Å². The second-order valence-corrected chi connectivity index (χ2v) is 3.94. The molecule has 2 rings (SSSR count). The van der Waals surface area contributed by atoms with Crippen LogP contribution in [0.4, 0.5) is 0 Å². The zero-order valence-electron chi connectivity index (χ0n) is 7.22. The molecule has 0 aliphatic carbocycles. The van der Waals surface area contributed by atoms with Gasteiger partial charge in [0.2, 0.25) is 0 Å². The van der Waals surface area contributed by atoms with Crippen LogP contribution in [0.3, 0.4) is 0 Å². The predicted octanol–water partition coefficient (Wildman–Crippen LogP) is 0.927. The van der Waals surface area contributed by atoms with Crippen LogP contribution < -0.4 is 0 Å². The van der Waals surface area contributed by atoms with Crippen LogP contribution in [-0.4, -0.2) is 30.7 Å². The van der Waals surface area contributed by atoms with Gasteiger partial charge >= 0.3 is 0 Å². The van der Waals surface area contributed by atoms with E-state index in [-0.39, 0.29) is 11.7 Å². The van der Waals surface area contributed by atoms with Crippen LogP contribution in [-0.2, 0) is 14.2 Å². The van der Waals surface area contributed by atoms with Crippen molar-refractivity contribution in [2.45, 2.75) is 38.3 Å². The Kier molecular flexibility index (Phi) is 1.35. The van der Waals surface area contributed by atoms with Gasteiger partial charge in [0, 0.05) is 0 Å². The van der Waals surface area contributed by atoms with Gasteiger partial charge in [-0.15, -0.1) is 0 Å². The van der Waals surface area contributed by atoms with Crippen LogP contribution in [0.15, 0.2) is 0 Å². The number of rotatable bonds is 0. The Morgan fingerprint density at radius 2 is 2.00 bits per heavy atom. The molecular weight excluding hydrogens is 144 g/mol. The van der Waals surface area contributed by atoms with E-state index < -0.39 is 5.79 Å². The van der Waals surface area contributed by atoms with E-state index in [4.69, 9.17) is 14.2 Å². The lowest BCUT2D eigenvalue weighted by molar-refractivity contribution is -0.179. The van der Waals surface area contributed by atoms with Crippen LogP contribution in [0.1, 0.15) is 20.8 Å². The topological polar surface area (TPSA) is 27.7 Å². The molecule has 0 saturated carbocycles. The third kappa shape index (κ3) is 1.08. The molecular formula is C8H14O3. The van der Waals surface area contributed by atoms with Gasteiger partial charge in [0.15, 0.2) is 5.79 Å². The number of ether oxygens (including phenoxy) is 3. The smallest absolute Gasteiger partial charge is 0.164 e. The zero-order chi connectivity index (χ0) is 8.11. The summed E-state index contributed by atoms with van der Waals surface area (Å²) in [5, 5.41) is 0. The monoisotopic (exact) mass is 158 g/mol. The molecule has 0 aromatic heterocycles. The summed E-state index contributed by atoms with van der Waals surface area (Å²) < 4.78 is 16.6. The number of hydrogen-bond donors (Lipinski definition) is 0. The summed E-state index contributed by atoms with van der Waals surface area (Å²) in [4.78, 5) is 0. The van der Waals surface area contributed by atoms with Crippen molar-refractivity contribution in [3.05, 3.63) is 0 Å². The number of fused-ring (bicyclic) bond motifs is 1. The van der Waals surface area contributed by atoms with Crippen molar-refractivity contribution < 1.29 is 14.2 Å². The van der Waals surface area contributed by atoms with Crippen molar-refractivity contribution in [2.24, 2.45) is 0 Å². The summed E-state index contributed by atoms with van der Waals surface area (Å²) in [5.41, 5.74) is -0.205. The zero-order valence-corrected chi connectivity index (χ0v) is 7.22. The Bertz CT molecular complexity index is 178. The van der Waals surface area contributed by atoms with Gasteiger partial charge in [-0.3, -0.25) is 0 Å². The van der Waals surface area contributed by atoms with Crippen LogP contribution in [0.2, 0.25) is 0 Å². The van der Waals surface area contributed by atoms with Gasteiger partial charge in [0.05, 0.1) is 13.2 Å². The maximum absolute atomic E-state index is 5.71. The minimum absolute atomic E-state index is 0.123. The van der Waals surface area contributed by atoms with Crippen molar-refractivity contribution in [3.8, 4) is 0 Å². The third-order valence-corrected chi connectivity index (χ3v) is 2.24. The first-order valence-electron chi connectivity index (χ1n) is 3.98. The van der Waals surface area contributed by atoms with E-state index in [1.54, 1.807) is 0 Å². The van der Waals surface area contributed by atoms with Gasteiger partial charge in [0.25, 0.3) is 0 Å². The molecule has 2 heterocycles. The predicted molar refractivity (Wildman–Crippen MR) is 39.3 cm³/mol. The van der Waals surface area contributed by atoms with Crippen molar-refractivity contribution >= 4 is 0 Å². The Labute approximate surface area is 66.6 Å². The van der Waals surface area contributed by atoms with E-state index in [0.717, 1.165) is 0 Å². The van der Waals surface area contributed by atoms with Crippen LogP contribution in [0.25, 0.3) is 0 Å². The molecule has 0 N–H and O–H groups in total. The Morgan fingerprint density at radius 1 is 1.27 bits per heavy atom. The summed E-state index contributed by atoms with van der Waals surface area (Å²) in [6.07, 6.45) is 0.123. The Hall–Kier alpha value is -0.120. The second kappa shape index (κ2) is 1.97. The maximum Gasteiger partial charge on any atom is 0.164 e. The summed E-state index contributed by atoms with van der Waals surface area (Å²) >= 11 is 0. The first kappa shape index (κ1) is 7.53. The molecule has 2 atom stereocenters. The number of hydrogen-bond acceptors (Lipinski definition) is 3. The molecule has 64 valence electrons. The summed E-state index contributed by atoms with van der Waals surface area (Å²) in [5.74, 6) is -0.427. The van der Waals surface area contributed by atoms with Crippen LogP contribution in [0.5, 0.6) is 0 Å². The Balaban J connectivity index is 2.19. The lowest BCUT2D eigenvalue weighted by atomic mass is 10.0. The lowest BCUT2D eigenvalue weighted by Gasteiger charge is -2.22. The molecule has 11 heavy (non-hydrogen) atoms. The quantitative estimate of drug-likeness (QED) is 0.525. The normalized spacial score (nSPS) is 47.7. The molecule has 2 saturated heterocycles. The molecule has 0 bridgehead atoms. The molecule has 3 nitrogen and oxygen atoms in total. The fraction of sp³-hybridized carbons (Fsp3) is 1.00. The highest BCUT2D eigenvalue weighted by Crippen LogP contribution is 2.39. The maximum atomic E-state index is 5.71. The molecule has 2 unspecified atom stereocenters. The average molecular weight is 158 g/mol. The molecule has 3 heteroatoms. The van der Waals surface area contributed by atoms with E-state index in [2.05, 4.69) is 0 Å². The summed E-state index contributed by atoms with van der Waals surface area (Å²) in [7, 11) is 0. The first-order valence-corrected chi connectivity index (χ1v) is 3.98. The molecule has 0 aromatic carbocycles. The molecule has 0 aromatic rings. The second-order valence-electron chi connectivity index (χ2n) is 3.94. The summed E-state index contributed by atoms with van der Waals surface area (Å²) in [6, 6.07) is 0. The fourth-order valence-electron chi connectivity index (χ4n) is 1.82. The molecule has 2 aliphatic rings. The van der Waals surface area contributed by atoms with E-state index in [1.165, 1.54) is 0 Å². The van der Waals surface area contributed by atoms with Gasteiger partial charge in [-0.1, -0.05) is 0 Å². The highest BCUT2D eigenvalue weighted by molar-refractivity contribution is 4.96. The highest BCUT2D eigenvalue weighted by Gasteiger charge is 2.53. The van der Waals surface area contributed by atoms with Crippen LogP contribution in [0, 0.1) is 0 Å². The van der Waals surface area contributed by atoms with Crippen molar-refractivity contribution in [2.75, 3.05) is 13.2 Å². The van der Waals surface area contributed by atoms with E-state index in [0.29, 0.717) is 13.2 Å². The third-order valence-electron chi connectivity index (χ3n) is 2.24. The van der Waals surface area contributed by atoms with Gasteiger partial charge in [-0.05, 0) is 20.8 Å². The first-order chi connectivity index (χ1) is 5.02. The van der Waals surface area contributed by atoms with Crippen molar-refractivity contribution in [3.63, 3.8) is 0 Å². The highest BCUT2D eigenvalue weighted by atomic mass is 16.8. The molecule has 0 radical (unpaired) electrons. The standard InChI is InChI=1S/C8H14O3/c1-7(2)10-6-4-9-5-8(6,3)11-7/h6H,4-5H2,1-3H3. The SMILES string of the molecule is CC1(C)OC2COCC2(C)O1. The fourth-order valence-corrected chi connectivity index (χ4v) is 1.82. The minimum atomic E-state index is -0.427. The van der Waals surface area contributed by atoms with Gasteiger partial charge < -0.3 is 14.2 Å². The van der Waals surface area contributed by atoms with Gasteiger partial charge in [-0.25, -0.2) is 0 Å². The lowest BCUT2D eigenvalue weighted by Crippen LogP contribution is -2.35. The summed E-state index contributed by atoms with van der Waals surface area (Å²) in [6.45, 7) is 7.24. The van der Waals surface area contributed by atoms with Gasteiger partial charge in [0.1, 0.15) is 11.7 Å². The average Bonchev–Trinajstić information content (AvgIpc) is 2.16. The Morgan fingerprint density at radius 3 is 2.64 bits per heavy atom. The van der Waals surface area contributed by atoms with E-state index in [1.807, 2.05) is 20.8 Å². The molecule has 2 fully saturated rings.